The fraction of sp³-hybridized carbons (Fsp3) is 0.167. The van der Waals surface area contributed by atoms with Gasteiger partial charge in [-0.3, -0.25) is 0 Å². The van der Waals surface area contributed by atoms with Gasteiger partial charge in [-0.15, -0.1) is 0 Å². The van der Waals surface area contributed by atoms with Crippen molar-refractivity contribution in [2.75, 3.05) is 0 Å². The molecule has 0 bridgehead atoms. The molecule has 4 rings (SSSR count). The van der Waals surface area contributed by atoms with E-state index < -0.39 is 0 Å². The van der Waals surface area contributed by atoms with E-state index in [0.717, 1.165) is 51.9 Å². The normalized spacial score (nSPS) is 11.5. The molecular formula is C18H15FN2O. The number of nitrogens with zero attached hydrogens (tertiary/aromatic N) is 1. The van der Waals surface area contributed by atoms with Gasteiger partial charge in [0.2, 0.25) is 0 Å². The molecule has 0 unspecified atom stereocenters. The van der Waals surface area contributed by atoms with E-state index in [-0.39, 0.29) is 5.82 Å². The highest BCUT2D eigenvalue weighted by Gasteiger charge is 2.10. The lowest BCUT2D eigenvalue weighted by Crippen LogP contribution is -1.80. The minimum Gasteiger partial charge on any atom is -0.441 e. The lowest BCUT2D eigenvalue weighted by molar-refractivity contribution is 0.525. The molecule has 0 amide bonds. The standard InChI is InChI=1S/C18H15FN2O/c1-2-3-18-21-15-7-4-11(8-17(15)22-18)14-10-20-16-9-12(19)5-6-13(14)16/h4-10,20H,2-3H2,1H3. The molecule has 110 valence electrons. The van der Waals surface area contributed by atoms with Crippen LogP contribution < -0.4 is 0 Å². The monoisotopic (exact) mass is 294 g/mol. The van der Waals surface area contributed by atoms with Crippen LogP contribution in [-0.2, 0) is 6.42 Å². The molecule has 0 spiro atoms. The quantitative estimate of drug-likeness (QED) is 0.573. The highest BCUT2D eigenvalue weighted by molar-refractivity contribution is 5.97. The topological polar surface area (TPSA) is 41.8 Å². The number of hydrogen-bond acceptors (Lipinski definition) is 2. The van der Waals surface area contributed by atoms with E-state index in [1.54, 1.807) is 6.07 Å². The number of halogens is 1. The van der Waals surface area contributed by atoms with Crippen molar-refractivity contribution in [2.24, 2.45) is 0 Å². The molecule has 0 aliphatic carbocycles. The number of hydrogen-bond donors (Lipinski definition) is 1. The predicted octanol–water partition coefficient (Wildman–Crippen LogP) is 5.07. The van der Waals surface area contributed by atoms with Gasteiger partial charge in [-0.05, 0) is 42.3 Å². The molecule has 1 N–H and O–H groups in total. The van der Waals surface area contributed by atoms with Crippen LogP contribution >= 0.6 is 0 Å². The number of H-pyrrole nitrogens is 1. The van der Waals surface area contributed by atoms with Crippen LogP contribution in [0, 0.1) is 5.82 Å². The van der Waals surface area contributed by atoms with Gasteiger partial charge in [0.1, 0.15) is 11.3 Å². The van der Waals surface area contributed by atoms with Crippen LogP contribution in [0.15, 0.2) is 47.0 Å². The number of aromatic nitrogens is 2. The zero-order valence-electron chi connectivity index (χ0n) is 12.2. The van der Waals surface area contributed by atoms with Crippen LogP contribution in [0.5, 0.6) is 0 Å². The molecule has 2 aromatic heterocycles. The Morgan fingerprint density at radius 1 is 1.18 bits per heavy atom. The molecule has 2 heterocycles. The first-order valence-electron chi connectivity index (χ1n) is 7.41. The molecule has 0 aliphatic heterocycles. The van der Waals surface area contributed by atoms with Crippen molar-refractivity contribution < 1.29 is 8.81 Å². The minimum absolute atomic E-state index is 0.240. The lowest BCUT2D eigenvalue weighted by atomic mass is 10.0. The Morgan fingerprint density at radius 3 is 2.95 bits per heavy atom. The van der Waals surface area contributed by atoms with Crippen molar-refractivity contribution in [1.29, 1.82) is 0 Å². The first-order valence-corrected chi connectivity index (χ1v) is 7.41. The number of fused-ring (bicyclic) bond motifs is 2. The maximum absolute atomic E-state index is 13.3. The van der Waals surface area contributed by atoms with Gasteiger partial charge in [-0.2, -0.15) is 0 Å². The van der Waals surface area contributed by atoms with Crippen LogP contribution in [0.3, 0.4) is 0 Å². The average Bonchev–Trinajstić information content (AvgIpc) is 3.09. The van der Waals surface area contributed by atoms with Crippen molar-refractivity contribution in [3.05, 3.63) is 54.3 Å². The molecule has 0 saturated heterocycles. The van der Waals surface area contributed by atoms with Crippen LogP contribution in [-0.4, -0.2) is 9.97 Å². The van der Waals surface area contributed by atoms with Crippen molar-refractivity contribution >= 4 is 22.0 Å². The fourth-order valence-electron chi connectivity index (χ4n) is 2.80. The second-order valence-corrected chi connectivity index (χ2v) is 5.43. The number of rotatable bonds is 3. The summed E-state index contributed by atoms with van der Waals surface area (Å²) in [6, 6.07) is 10.8. The first-order chi connectivity index (χ1) is 10.7. The molecule has 3 nitrogen and oxygen atoms in total. The van der Waals surface area contributed by atoms with Crippen molar-refractivity contribution in [3.63, 3.8) is 0 Å². The second kappa shape index (κ2) is 4.98. The van der Waals surface area contributed by atoms with E-state index >= 15 is 0 Å². The maximum Gasteiger partial charge on any atom is 0.195 e. The van der Waals surface area contributed by atoms with Gasteiger partial charge >= 0.3 is 0 Å². The van der Waals surface area contributed by atoms with E-state index in [2.05, 4.69) is 16.9 Å². The van der Waals surface area contributed by atoms with E-state index in [9.17, 15) is 4.39 Å². The SMILES string of the molecule is CCCc1nc2ccc(-c3c[nH]c4cc(F)ccc34)cc2o1. The summed E-state index contributed by atoms with van der Waals surface area (Å²) in [5.74, 6) is 0.534. The Bertz CT molecular complexity index is 968. The summed E-state index contributed by atoms with van der Waals surface area (Å²) >= 11 is 0. The van der Waals surface area contributed by atoms with E-state index in [1.807, 2.05) is 24.4 Å². The number of benzene rings is 2. The van der Waals surface area contributed by atoms with Gasteiger partial charge in [0.05, 0.1) is 0 Å². The zero-order chi connectivity index (χ0) is 15.1. The van der Waals surface area contributed by atoms with Gasteiger partial charge in [-0.25, -0.2) is 9.37 Å². The fourth-order valence-corrected chi connectivity index (χ4v) is 2.80. The molecule has 0 fully saturated rings. The summed E-state index contributed by atoms with van der Waals surface area (Å²) in [6.45, 7) is 2.10. The molecule has 4 heteroatoms. The minimum atomic E-state index is -0.240. The summed E-state index contributed by atoms with van der Waals surface area (Å²) < 4.78 is 19.1. The lowest BCUT2D eigenvalue weighted by Gasteiger charge is -1.99. The maximum atomic E-state index is 13.3. The molecule has 0 radical (unpaired) electrons. The van der Waals surface area contributed by atoms with E-state index in [4.69, 9.17) is 4.42 Å². The highest BCUT2D eigenvalue weighted by atomic mass is 19.1. The zero-order valence-corrected chi connectivity index (χ0v) is 12.2. The number of aromatic amines is 1. The Labute approximate surface area is 126 Å². The van der Waals surface area contributed by atoms with Gasteiger partial charge < -0.3 is 9.40 Å². The van der Waals surface area contributed by atoms with Gasteiger partial charge in [-0.1, -0.05) is 13.0 Å². The number of oxazole rings is 1. The van der Waals surface area contributed by atoms with Crippen molar-refractivity contribution in [3.8, 4) is 11.1 Å². The van der Waals surface area contributed by atoms with Gasteiger partial charge in [0, 0.05) is 29.1 Å². The van der Waals surface area contributed by atoms with Crippen LogP contribution in [0.1, 0.15) is 19.2 Å². The van der Waals surface area contributed by atoms with Crippen molar-refractivity contribution in [2.45, 2.75) is 19.8 Å². The third-order valence-electron chi connectivity index (χ3n) is 3.85. The molecule has 0 saturated carbocycles. The highest BCUT2D eigenvalue weighted by Crippen LogP contribution is 2.31. The summed E-state index contributed by atoms with van der Waals surface area (Å²) in [4.78, 5) is 7.59. The molecule has 0 aliphatic rings. The number of aryl methyl sites for hydroxylation is 1. The Kier molecular flexibility index (Phi) is 2.96. The molecule has 2 aromatic carbocycles. The Morgan fingerprint density at radius 2 is 2.09 bits per heavy atom. The Hall–Kier alpha value is -2.62. The van der Waals surface area contributed by atoms with Gasteiger partial charge in [0.25, 0.3) is 0 Å². The Balaban J connectivity index is 1.85. The van der Waals surface area contributed by atoms with Gasteiger partial charge in [0.15, 0.2) is 11.5 Å². The molecule has 4 aromatic rings. The first kappa shape index (κ1) is 13.1. The van der Waals surface area contributed by atoms with Crippen LogP contribution in [0.25, 0.3) is 33.1 Å². The van der Waals surface area contributed by atoms with Crippen LogP contribution in [0.2, 0.25) is 0 Å². The summed E-state index contributed by atoms with van der Waals surface area (Å²) in [5, 5.41) is 0.994. The van der Waals surface area contributed by atoms with Crippen LogP contribution in [0.4, 0.5) is 4.39 Å². The van der Waals surface area contributed by atoms with E-state index in [0.29, 0.717) is 0 Å². The summed E-state index contributed by atoms with van der Waals surface area (Å²) in [6.07, 6.45) is 3.75. The molecular weight excluding hydrogens is 279 g/mol. The van der Waals surface area contributed by atoms with Crippen molar-refractivity contribution in [1.82, 2.24) is 9.97 Å². The third-order valence-corrected chi connectivity index (χ3v) is 3.85. The number of nitrogens with one attached hydrogen (secondary N) is 1. The summed E-state index contributed by atoms with van der Waals surface area (Å²) in [5.41, 5.74) is 4.52. The van der Waals surface area contributed by atoms with E-state index in [1.165, 1.54) is 12.1 Å². The smallest absolute Gasteiger partial charge is 0.195 e. The third kappa shape index (κ3) is 2.08. The largest absolute Gasteiger partial charge is 0.441 e. The second-order valence-electron chi connectivity index (χ2n) is 5.43. The summed E-state index contributed by atoms with van der Waals surface area (Å²) in [7, 11) is 0. The molecule has 0 atom stereocenters. The average molecular weight is 294 g/mol. The molecule has 22 heavy (non-hydrogen) atoms. The predicted molar refractivity (Wildman–Crippen MR) is 85.3 cm³/mol.